The van der Waals surface area contributed by atoms with Crippen LogP contribution in [0, 0.1) is 6.92 Å². The van der Waals surface area contributed by atoms with E-state index in [0.717, 1.165) is 9.75 Å². The zero-order valence-electron chi connectivity index (χ0n) is 10.6. The minimum Gasteiger partial charge on any atom is -0.334 e. The summed E-state index contributed by atoms with van der Waals surface area (Å²) in [5.41, 5.74) is 0. The lowest BCUT2D eigenvalue weighted by Crippen LogP contribution is -2.62. The van der Waals surface area contributed by atoms with Crippen LogP contribution in [0.2, 0.25) is 0 Å². The van der Waals surface area contributed by atoms with E-state index in [9.17, 15) is 14.4 Å². The Balaban J connectivity index is 1.62. The molecule has 0 radical (unpaired) electrons. The van der Waals surface area contributed by atoms with Gasteiger partial charge in [0.15, 0.2) is 0 Å². The van der Waals surface area contributed by atoms with Gasteiger partial charge in [0, 0.05) is 30.8 Å². The molecule has 6 heteroatoms. The van der Waals surface area contributed by atoms with Crippen LogP contribution in [0.25, 0.3) is 0 Å². The number of carbonyl (C=O) groups excluding carboxylic acids is 3. The molecule has 3 heterocycles. The summed E-state index contributed by atoms with van der Waals surface area (Å²) in [6.45, 7) is 2.89. The molecular formula is C13H14N2O3S. The third-order valence-corrected chi connectivity index (χ3v) is 4.54. The van der Waals surface area contributed by atoms with Crippen molar-refractivity contribution < 1.29 is 14.4 Å². The molecule has 0 saturated carbocycles. The second-order valence-corrected chi connectivity index (χ2v) is 6.22. The van der Waals surface area contributed by atoms with Gasteiger partial charge >= 0.3 is 0 Å². The third kappa shape index (κ3) is 2.06. The molecule has 2 saturated heterocycles. The molecule has 5 nitrogen and oxygen atoms in total. The summed E-state index contributed by atoms with van der Waals surface area (Å²) >= 11 is 1.47. The van der Waals surface area contributed by atoms with Crippen LogP contribution in [0.1, 0.15) is 27.4 Å². The summed E-state index contributed by atoms with van der Waals surface area (Å²) in [5, 5.41) is 0. The van der Waals surface area contributed by atoms with E-state index in [4.69, 9.17) is 0 Å². The SMILES string of the molecule is Cc1ccc(C(=O)N2CC(N3C(=O)CCC3=O)C2)s1. The van der Waals surface area contributed by atoms with Crippen molar-refractivity contribution in [2.45, 2.75) is 25.8 Å². The molecule has 0 spiro atoms. The Morgan fingerprint density at radius 1 is 1.21 bits per heavy atom. The van der Waals surface area contributed by atoms with Crippen LogP contribution in [0.4, 0.5) is 0 Å². The molecule has 0 atom stereocenters. The van der Waals surface area contributed by atoms with Crippen LogP contribution < -0.4 is 0 Å². The van der Waals surface area contributed by atoms with Crippen molar-refractivity contribution in [1.29, 1.82) is 0 Å². The molecular weight excluding hydrogens is 264 g/mol. The predicted molar refractivity (Wildman–Crippen MR) is 69.8 cm³/mol. The van der Waals surface area contributed by atoms with Crippen molar-refractivity contribution in [1.82, 2.24) is 9.80 Å². The second kappa shape index (κ2) is 4.45. The topological polar surface area (TPSA) is 57.7 Å². The van der Waals surface area contributed by atoms with Crippen LogP contribution in [0.15, 0.2) is 12.1 Å². The Morgan fingerprint density at radius 2 is 1.84 bits per heavy atom. The van der Waals surface area contributed by atoms with Gasteiger partial charge in [-0.1, -0.05) is 0 Å². The highest BCUT2D eigenvalue weighted by Crippen LogP contribution is 2.25. The molecule has 3 rings (SSSR count). The van der Waals surface area contributed by atoms with Gasteiger partial charge in [-0.15, -0.1) is 11.3 Å². The Labute approximate surface area is 114 Å². The number of imide groups is 1. The highest BCUT2D eigenvalue weighted by atomic mass is 32.1. The lowest BCUT2D eigenvalue weighted by Gasteiger charge is -2.42. The summed E-state index contributed by atoms with van der Waals surface area (Å²) in [7, 11) is 0. The standard InChI is InChI=1S/C13H14N2O3S/c1-8-2-3-10(19-8)13(18)14-6-9(7-14)15-11(16)4-5-12(15)17/h2-3,9H,4-7H2,1H3. The summed E-state index contributed by atoms with van der Waals surface area (Å²) in [4.78, 5) is 40.1. The summed E-state index contributed by atoms with van der Waals surface area (Å²) in [6, 6.07) is 3.62. The number of hydrogen-bond acceptors (Lipinski definition) is 4. The minimum absolute atomic E-state index is 0.00607. The highest BCUT2D eigenvalue weighted by molar-refractivity contribution is 7.13. The Bertz CT molecular complexity index is 544. The van der Waals surface area contributed by atoms with Gasteiger partial charge < -0.3 is 4.90 Å². The van der Waals surface area contributed by atoms with E-state index in [0.29, 0.717) is 25.9 Å². The molecule has 1 aromatic rings. The van der Waals surface area contributed by atoms with Crippen LogP contribution in [-0.2, 0) is 9.59 Å². The van der Waals surface area contributed by atoms with Crippen molar-refractivity contribution >= 4 is 29.1 Å². The fraction of sp³-hybridized carbons (Fsp3) is 0.462. The molecule has 2 fully saturated rings. The molecule has 1 aromatic heterocycles. The molecule has 0 N–H and O–H groups in total. The Hall–Kier alpha value is -1.69. The third-order valence-electron chi connectivity index (χ3n) is 3.56. The maximum atomic E-state index is 12.1. The number of rotatable bonds is 2. The first-order valence-corrected chi connectivity index (χ1v) is 7.08. The van der Waals surface area contributed by atoms with E-state index >= 15 is 0 Å². The molecule has 0 bridgehead atoms. The van der Waals surface area contributed by atoms with Crippen LogP contribution in [-0.4, -0.2) is 46.7 Å². The largest absolute Gasteiger partial charge is 0.334 e. The van der Waals surface area contributed by atoms with E-state index in [-0.39, 0.29) is 23.8 Å². The van der Waals surface area contributed by atoms with Crippen molar-refractivity contribution in [2.24, 2.45) is 0 Å². The number of amides is 3. The van der Waals surface area contributed by atoms with Crippen molar-refractivity contribution in [2.75, 3.05) is 13.1 Å². The molecule has 0 aromatic carbocycles. The quantitative estimate of drug-likeness (QED) is 0.759. The zero-order chi connectivity index (χ0) is 13.6. The fourth-order valence-electron chi connectivity index (χ4n) is 2.49. The molecule has 3 amide bonds. The van der Waals surface area contributed by atoms with Crippen LogP contribution >= 0.6 is 11.3 Å². The van der Waals surface area contributed by atoms with E-state index in [2.05, 4.69) is 0 Å². The number of nitrogens with zero attached hydrogens (tertiary/aromatic N) is 2. The number of carbonyl (C=O) groups is 3. The number of likely N-dealkylation sites (tertiary alicyclic amines) is 2. The molecule has 2 aliphatic rings. The van der Waals surface area contributed by atoms with Crippen LogP contribution in [0.5, 0.6) is 0 Å². The van der Waals surface area contributed by atoms with Gasteiger partial charge in [0.1, 0.15) is 0 Å². The van der Waals surface area contributed by atoms with E-state index in [1.54, 1.807) is 4.90 Å². The number of hydrogen-bond donors (Lipinski definition) is 0. The Kier molecular flexibility index (Phi) is 2.89. The van der Waals surface area contributed by atoms with Gasteiger partial charge in [-0.05, 0) is 19.1 Å². The first kappa shape index (κ1) is 12.3. The van der Waals surface area contributed by atoms with Gasteiger partial charge in [-0.3, -0.25) is 19.3 Å². The average Bonchev–Trinajstić information content (AvgIpc) is 2.87. The predicted octanol–water partition coefficient (Wildman–Crippen LogP) is 1.03. The first-order valence-electron chi connectivity index (χ1n) is 6.27. The molecule has 0 aliphatic carbocycles. The monoisotopic (exact) mass is 278 g/mol. The molecule has 0 unspecified atom stereocenters. The van der Waals surface area contributed by atoms with E-state index in [1.165, 1.54) is 16.2 Å². The van der Waals surface area contributed by atoms with Gasteiger partial charge in [-0.2, -0.15) is 0 Å². The zero-order valence-corrected chi connectivity index (χ0v) is 11.4. The number of aryl methyl sites for hydroxylation is 1. The van der Waals surface area contributed by atoms with Crippen molar-refractivity contribution in [3.05, 3.63) is 21.9 Å². The van der Waals surface area contributed by atoms with Crippen molar-refractivity contribution in [3.8, 4) is 0 Å². The van der Waals surface area contributed by atoms with Gasteiger partial charge in [0.25, 0.3) is 5.91 Å². The lowest BCUT2D eigenvalue weighted by atomic mass is 10.1. The molecule has 2 aliphatic heterocycles. The molecule has 19 heavy (non-hydrogen) atoms. The summed E-state index contributed by atoms with van der Waals surface area (Å²) in [6.07, 6.45) is 0.626. The lowest BCUT2D eigenvalue weighted by molar-refractivity contribution is -0.144. The normalized spacial score (nSPS) is 20.1. The average molecular weight is 278 g/mol. The molecule has 100 valence electrons. The second-order valence-electron chi connectivity index (χ2n) is 4.93. The van der Waals surface area contributed by atoms with E-state index < -0.39 is 0 Å². The smallest absolute Gasteiger partial charge is 0.264 e. The minimum atomic E-state index is -0.118. The van der Waals surface area contributed by atoms with E-state index in [1.807, 2.05) is 19.1 Å². The van der Waals surface area contributed by atoms with Crippen molar-refractivity contribution in [3.63, 3.8) is 0 Å². The highest BCUT2D eigenvalue weighted by Gasteiger charge is 2.42. The summed E-state index contributed by atoms with van der Waals surface area (Å²) < 4.78 is 0. The van der Waals surface area contributed by atoms with Gasteiger partial charge in [0.2, 0.25) is 11.8 Å². The maximum Gasteiger partial charge on any atom is 0.264 e. The first-order chi connectivity index (χ1) is 9.06. The van der Waals surface area contributed by atoms with Gasteiger partial charge in [-0.25, -0.2) is 0 Å². The summed E-state index contributed by atoms with van der Waals surface area (Å²) in [5.74, 6) is -0.212. The maximum absolute atomic E-state index is 12.1. The number of thiophene rings is 1. The fourth-order valence-corrected chi connectivity index (χ4v) is 3.33. The van der Waals surface area contributed by atoms with Gasteiger partial charge in [0.05, 0.1) is 10.9 Å². The van der Waals surface area contributed by atoms with Crippen LogP contribution in [0.3, 0.4) is 0 Å². The Morgan fingerprint density at radius 3 is 2.37 bits per heavy atom.